The maximum Gasteiger partial charge on any atom is 4.00 e. The summed E-state index contributed by atoms with van der Waals surface area (Å²) in [6.07, 6.45) is 0. The SMILES string of the molecule is O=[Si]=O.[O-2].[O-2].[Zr+4]. The monoisotopic (exact) mass is 182 g/mol. The molecule has 0 spiro atoms. The summed E-state index contributed by atoms with van der Waals surface area (Å²) in [5.41, 5.74) is 0. The van der Waals surface area contributed by atoms with Gasteiger partial charge in [-0.25, -0.2) is 0 Å². The summed E-state index contributed by atoms with van der Waals surface area (Å²) in [6.45, 7) is 0. The molecular formula is O4SiZr. The topological polar surface area (TPSA) is 91.1 Å². The minimum atomic E-state index is -1.42. The zero-order chi connectivity index (χ0) is 2.71. The maximum atomic E-state index is 8.40. The van der Waals surface area contributed by atoms with Gasteiger partial charge >= 0.3 is 35.5 Å². The molecule has 0 unspecified atom stereocenters. The molecule has 0 aromatic heterocycles. The molecule has 0 saturated carbocycles. The van der Waals surface area contributed by atoms with Gasteiger partial charge in [-0.05, 0) is 0 Å². The third-order valence-electron chi connectivity index (χ3n) is 0. The van der Waals surface area contributed by atoms with Crippen molar-refractivity contribution in [2.45, 2.75) is 0 Å². The van der Waals surface area contributed by atoms with E-state index in [1.807, 2.05) is 0 Å². The van der Waals surface area contributed by atoms with Crippen LogP contribution in [0.4, 0.5) is 0 Å². The fourth-order valence-electron chi connectivity index (χ4n) is 0. The zero-order valence-electron chi connectivity index (χ0n) is 2.63. The third kappa shape index (κ3) is 157. The smallest absolute Gasteiger partial charge is 2.00 e. The predicted octanol–water partition coefficient (Wildman–Crippen LogP) is -0.859. The van der Waals surface area contributed by atoms with E-state index in [1.165, 1.54) is 0 Å². The Labute approximate surface area is 55.6 Å². The summed E-state index contributed by atoms with van der Waals surface area (Å²) >= 11 is 0. The van der Waals surface area contributed by atoms with Gasteiger partial charge in [0.05, 0.1) is 0 Å². The molecule has 0 aromatic carbocycles. The molecule has 0 saturated heterocycles. The fourth-order valence-corrected chi connectivity index (χ4v) is 0. The first-order valence-electron chi connectivity index (χ1n) is 0.408. The Morgan fingerprint density at radius 3 is 1.00 bits per heavy atom. The molecule has 0 aromatic rings. The van der Waals surface area contributed by atoms with Gasteiger partial charge in [0.1, 0.15) is 0 Å². The average molecular weight is 183 g/mol. The molecule has 32 valence electrons. The second-order valence-corrected chi connectivity index (χ2v) is 0.250. The standard InChI is InChI=1S/O2Si.2O.Zr/c1-3-2;;;/q;2*-2;+4. The Kier molecular flexibility index (Phi) is 232. The Bertz CT molecular complexity index is 28.5. The van der Waals surface area contributed by atoms with Gasteiger partial charge < -0.3 is 11.0 Å². The van der Waals surface area contributed by atoms with Crippen molar-refractivity contribution in [3.63, 3.8) is 0 Å². The van der Waals surface area contributed by atoms with Crippen molar-refractivity contribution in [3.05, 3.63) is 0 Å². The first-order valence-corrected chi connectivity index (χ1v) is 1.22. The van der Waals surface area contributed by atoms with Gasteiger partial charge in [-0.15, -0.1) is 0 Å². The molecule has 0 rings (SSSR count). The third-order valence-corrected chi connectivity index (χ3v) is 0. The van der Waals surface area contributed by atoms with Crippen LogP contribution in [0, 0.1) is 0 Å². The van der Waals surface area contributed by atoms with Crippen LogP contribution in [0.5, 0.6) is 0 Å². The van der Waals surface area contributed by atoms with E-state index in [1.54, 1.807) is 0 Å². The van der Waals surface area contributed by atoms with Crippen LogP contribution >= 0.6 is 0 Å². The largest absolute Gasteiger partial charge is 4.00 e. The van der Waals surface area contributed by atoms with E-state index in [-0.39, 0.29) is 37.2 Å². The zero-order valence-corrected chi connectivity index (χ0v) is 6.09. The minimum Gasteiger partial charge on any atom is -2.00 e. The van der Waals surface area contributed by atoms with Crippen LogP contribution in [0.15, 0.2) is 0 Å². The van der Waals surface area contributed by atoms with Crippen LogP contribution in [0.3, 0.4) is 0 Å². The molecule has 6 heavy (non-hydrogen) atoms. The number of hydrogen-bond acceptors (Lipinski definition) is 2. The molecule has 6 heteroatoms. The summed E-state index contributed by atoms with van der Waals surface area (Å²) in [5.74, 6) is 0. The second kappa shape index (κ2) is 45.7. The van der Waals surface area contributed by atoms with E-state index in [0.29, 0.717) is 0 Å². The van der Waals surface area contributed by atoms with Gasteiger partial charge in [-0.2, -0.15) is 0 Å². The van der Waals surface area contributed by atoms with Gasteiger partial charge in [-0.3, -0.25) is 8.92 Å². The molecular weight excluding hydrogens is 183 g/mol. The Morgan fingerprint density at radius 1 is 1.00 bits per heavy atom. The molecule has 0 aliphatic heterocycles. The van der Waals surface area contributed by atoms with Crippen molar-refractivity contribution in [2.75, 3.05) is 0 Å². The first-order chi connectivity index (χ1) is 1.41. The van der Waals surface area contributed by atoms with E-state index < -0.39 is 9.29 Å². The maximum absolute atomic E-state index is 8.40. The molecule has 0 bridgehead atoms. The van der Waals surface area contributed by atoms with Crippen LogP contribution in [-0.2, 0) is 46.1 Å². The molecule has 0 fully saturated rings. The summed E-state index contributed by atoms with van der Waals surface area (Å²) < 4.78 is 16.8. The van der Waals surface area contributed by atoms with E-state index in [0.717, 1.165) is 0 Å². The Hall–Kier alpha value is 0.620. The van der Waals surface area contributed by atoms with Gasteiger partial charge in [0.15, 0.2) is 0 Å². The van der Waals surface area contributed by atoms with E-state index in [2.05, 4.69) is 0 Å². The van der Waals surface area contributed by atoms with E-state index >= 15 is 0 Å². The summed E-state index contributed by atoms with van der Waals surface area (Å²) in [6, 6.07) is 0. The number of rotatable bonds is 0. The first kappa shape index (κ1) is 30.5. The molecule has 0 radical (unpaired) electrons. The van der Waals surface area contributed by atoms with Crippen LogP contribution < -0.4 is 0 Å². The summed E-state index contributed by atoms with van der Waals surface area (Å²) in [5, 5.41) is 0. The van der Waals surface area contributed by atoms with Crippen LogP contribution in [-0.4, -0.2) is 9.29 Å². The van der Waals surface area contributed by atoms with Gasteiger partial charge in [-0.1, -0.05) is 0 Å². The molecule has 0 atom stereocenters. The van der Waals surface area contributed by atoms with Crippen LogP contribution in [0.2, 0.25) is 0 Å². The Balaban J connectivity index is -0.00000000667. The van der Waals surface area contributed by atoms with Gasteiger partial charge in [0, 0.05) is 0 Å². The van der Waals surface area contributed by atoms with E-state index in [4.69, 9.17) is 8.92 Å². The van der Waals surface area contributed by atoms with E-state index in [9.17, 15) is 0 Å². The van der Waals surface area contributed by atoms with Crippen LogP contribution in [0.25, 0.3) is 0 Å². The molecule has 0 heterocycles. The van der Waals surface area contributed by atoms with Gasteiger partial charge in [0.2, 0.25) is 0 Å². The number of hydrogen-bond donors (Lipinski definition) is 0. The minimum absolute atomic E-state index is 0. The average Bonchev–Trinajstić information content (AvgIpc) is 0.918. The quantitative estimate of drug-likeness (QED) is 0.457. The van der Waals surface area contributed by atoms with Crippen molar-refractivity contribution in [1.29, 1.82) is 0 Å². The Morgan fingerprint density at radius 2 is 1.00 bits per heavy atom. The van der Waals surface area contributed by atoms with Crippen molar-refractivity contribution < 1.29 is 46.1 Å². The molecule has 0 aliphatic rings. The predicted molar refractivity (Wildman–Crippen MR) is 8.50 cm³/mol. The van der Waals surface area contributed by atoms with Crippen molar-refractivity contribution in [2.24, 2.45) is 0 Å². The normalized spacial score (nSPS) is 1.33. The molecule has 0 N–H and O–H groups in total. The molecule has 0 aliphatic carbocycles. The second-order valence-electron chi connectivity index (χ2n) is 0.0833. The molecule has 4 nitrogen and oxygen atoms in total. The fraction of sp³-hybridized carbons (Fsp3) is 0. The van der Waals surface area contributed by atoms with Crippen molar-refractivity contribution in [3.8, 4) is 0 Å². The molecule has 0 amide bonds. The van der Waals surface area contributed by atoms with Crippen molar-refractivity contribution >= 4 is 9.29 Å². The van der Waals surface area contributed by atoms with Crippen LogP contribution in [0.1, 0.15) is 0 Å². The van der Waals surface area contributed by atoms with Gasteiger partial charge in [0.25, 0.3) is 0 Å². The summed E-state index contributed by atoms with van der Waals surface area (Å²) in [7, 11) is -1.42. The summed E-state index contributed by atoms with van der Waals surface area (Å²) in [4.78, 5) is 0. The van der Waals surface area contributed by atoms with Crippen molar-refractivity contribution in [1.82, 2.24) is 0 Å².